The van der Waals surface area contributed by atoms with E-state index in [4.69, 9.17) is 0 Å². The summed E-state index contributed by atoms with van der Waals surface area (Å²) in [5, 5.41) is 4.06. The highest BCUT2D eigenvalue weighted by atomic mass is 19.1. The van der Waals surface area contributed by atoms with Crippen LogP contribution in [0.15, 0.2) is 30.9 Å². The number of hydrogen-bond donors (Lipinski definition) is 0. The molecule has 1 aromatic carbocycles. The summed E-state index contributed by atoms with van der Waals surface area (Å²) in [4.78, 5) is 3.89. The zero-order chi connectivity index (χ0) is 12.8. The second-order valence-corrected chi connectivity index (χ2v) is 4.98. The fourth-order valence-electron chi connectivity index (χ4n) is 2.67. The van der Waals surface area contributed by atoms with Gasteiger partial charge in [0.05, 0.1) is 6.54 Å². The molecule has 0 radical (unpaired) electrons. The Kier molecular flexibility index (Phi) is 2.43. The average molecular weight is 249 g/mol. The topological polar surface area (TPSA) is 30.7 Å². The van der Waals surface area contributed by atoms with E-state index in [0.717, 1.165) is 12.5 Å². The van der Waals surface area contributed by atoms with Crippen LogP contribution in [0.1, 0.15) is 18.9 Å². The van der Waals surface area contributed by atoms with Gasteiger partial charge in [0.25, 0.3) is 0 Å². The normalized spacial score (nSPS) is 26.3. The summed E-state index contributed by atoms with van der Waals surface area (Å²) in [5.74, 6) is -0.651. The van der Waals surface area contributed by atoms with Crippen LogP contribution in [-0.2, 0) is 12.0 Å². The lowest BCUT2D eigenvalue weighted by Crippen LogP contribution is -2.20. The largest absolute Gasteiger partial charge is 0.252 e. The Bertz CT molecular complexity index is 568. The molecule has 1 fully saturated rings. The van der Waals surface area contributed by atoms with Crippen LogP contribution in [0.4, 0.5) is 8.78 Å². The maximum Gasteiger partial charge on any atom is 0.137 e. The van der Waals surface area contributed by atoms with Crippen molar-refractivity contribution in [3.8, 4) is 0 Å². The molecule has 0 amide bonds. The van der Waals surface area contributed by atoms with Crippen LogP contribution in [0.5, 0.6) is 0 Å². The molecule has 0 aliphatic heterocycles. The fourth-order valence-corrected chi connectivity index (χ4v) is 2.67. The molecule has 1 saturated carbocycles. The van der Waals surface area contributed by atoms with E-state index >= 15 is 0 Å². The summed E-state index contributed by atoms with van der Waals surface area (Å²) in [6, 6.07) is 3.81. The van der Waals surface area contributed by atoms with Crippen molar-refractivity contribution in [2.75, 3.05) is 0 Å². The number of aromatic nitrogens is 3. The second-order valence-electron chi connectivity index (χ2n) is 4.98. The average Bonchev–Trinajstić information content (AvgIpc) is 2.75. The van der Waals surface area contributed by atoms with Gasteiger partial charge in [-0.3, -0.25) is 4.68 Å². The number of benzene rings is 1. The molecule has 1 aliphatic rings. The number of nitrogens with zero attached hydrogens (tertiary/aromatic N) is 3. The Morgan fingerprint density at radius 1 is 1.44 bits per heavy atom. The quantitative estimate of drug-likeness (QED) is 0.837. The van der Waals surface area contributed by atoms with Crippen molar-refractivity contribution in [2.24, 2.45) is 5.92 Å². The van der Waals surface area contributed by atoms with Gasteiger partial charge >= 0.3 is 0 Å². The summed E-state index contributed by atoms with van der Waals surface area (Å²) in [6.45, 7) is 2.65. The van der Waals surface area contributed by atoms with Crippen molar-refractivity contribution >= 4 is 0 Å². The Hall–Kier alpha value is -1.78. The maximum atomic E-state index is 13.9. The van der Waals surface area contributed by atoms with Crippen LogP contribution in [0, 0.1) is 17.6 Å². The van der Waals surface area contributed by atoms with Crippen molar-refractivity contribution in [3.05, 3.63) is 48.1 Å². The molecule has 3 nitrogen and oxygen atoms in total. The van der Waals surface area contributed by atoms with Crippen LogP contribution >= 0.6 is 0 Å². The summed E-state index contributed by atoms with van der Waals surface area (Å²) < 4.78 is 28.6. The summed E-state index contributed by atoms with van der Waals surface area (Å²) in [5.41, 5.74) is 0.303. The van der Waals surface area contributed by atoms with Crippen molar-refractivity contribution in [1.29, 1.82) is 0 Å². The van der Waals surface area contributed by atoms with E-state index in [1.54, 1.807) is 17.1 Å². The third kappa shape index (κ3) is 1.70. The molecule has 94 valence electrons. The molecule has 1 aromatic heterocycles. The third-order valence-electron chi connectivity index (χ3n) is 3.83. The number of halogens is 2. The zero-order valence-electron chi connectivity index (χ0n) is 9.98. The molecule has 5 heteroatoms. The monoisotopic (exact) mass is 249 g/mol. The highest BCUT2D eigenvalue weighted by molar-refractivity contribution is 5.34. The predicted molar refractivity (Wildman–Crippen MR) is 61.8 cm³/mol. The van der Waals surface area contributed by atoms with Gasteiger partial charge in [0.15, 0.2) is 0 Å². The number of rotatable bonds is 3. The predicted octanol–water partition coefficient (Wildman–Crippen LogP) is 2.53. The molecule has 2 atom stereocenters. The molecule has 1 aliphatic carbocycles. The van der Waals surface area contributed by atoms with Gasteiger partial charge in [-0.25, -0.2) is 13.8 Å². The van der Waals surface area contributed by atoms with Crippen LogP contribution in [0.3, 0.4) is 0 Å². The molecule has 2 aromatic rings. The van der Waals surface area contributed by atoms with Gasteiger partial charge < -0.3 is 0 Å². The molecular formula is C13H13F2N3. The van der Waals surface area contributed by atoms with E-state index in [1.165, 1.54) is 12.4 Å². The Balaban J connectivity index is 1.97. The first kappa shape index (κ1) is 11.3. The Morgan fingerprint density at radius 3 is 2.78 bits per heavy atom. The van der Waals surface area contributed by atoms with Gasteiger partial charge in [0, 0.05) is 11.5 Å². The first-order chi connectivity index (χ1) is 8.62. The molecule has 0 saturated heterocycles. The van der Waals surface area contributed by atoms with Gasteiger partial charge in [-0.2, -0.15) is 5.10 Å². The molecule has 0 bridgehead atoms. The van der Waals surface area contributed by atoms with Crippen molar-refractivity contribution in [2.45, 2.75) is 25.3 Å². The van der Waals surface area contributed by atoms with Crippen LogP contribution in [0.2, 0.25) is 0 Å². The molecule has 0 N–H and O–H groups in total. The zero-order valence-corrected chi connectivity index (χ0v) is 9.98. The van der Waals surface area contributed by atoms with E-state index in [0.29, 0.717) is 18.0 Å². The minimum absolute atomic E-state index is 0.272. The van der Waals surface area contributed by atoms with Gasteiger partial charge in [0.2, 0.25) is 0 Å². The van der Waals surface area contributed by atoms with E-state index in [-0.39, 0.29) is 5.41 Å². The Labute approximate surface area is 103 Å². The molecule has 1 heterocycles. The van der Waals surface area contributed by atoms with Gasteiger partial charge in [-0.05, 0) is 24.0 Å². The van der Waals surface area contributed by atoms with Crippen molar-refractivity contribution in [3.63, 3.8) is 0 Å². The van der Waals surface area contributed by atoms with Crippen LogP contribution in [0.25, 0.3) is 0 Å². The number of hydrogen-bond acceptors (Lipinski definition) is 2. The second kappa shape index (κ2) is 3.86. The fraction of sp³-hybridized carbons (Fsp3) is 0.385. The van der Waals surface area contributed by atoms with Gasteiger partial charge in [-0.15, -0.1) is 0 Å². The van der Waals surface area contributed by atoms with E-state index in [1.807, 2.05) is 0 Å². The van der Waals surface area contributed by atoms with Crippen LogP contribution in [-0.4, -0.2) is 14.8 Å². The first-order valence-electron chi connectivity index (χ1n) is 5.90. The van der Waals surface area contributed by atoms with Gasteiger partial charge in [0.1, 0.15) is 24.3 Å². The summed E-state index contributed by atoms with van der Waals surface area (Å²) >= 11 is 0. The summed E-state index contributed by atoms with van der Waals surface area (Å²) in [6.07, 6.45) is 3.96. The molecule has 18 heavy (non-hydrogen) atoms. The molecule has 1 unspecified atom stereocenters. The molecular weight excluding hydrogens is 236 g/mol. The minimum Gasteiger partial charge on any atom is -0.252 e. The van der Waals surface area contributed by atoms with Gasteiger partial charge in [-0.1, -0.05) is 13.0 Å². The molecule has 0 spiro atoms. The SMILES string of the molecule is CC1C[C@@]1(Cn1cncn1)c1ccc(F)cc1F. The first-order valence-corrected chi connectivity index (χ1v) is 5.90. The lowest BCUT2D eigenvalue weighted by Gasteiger charge is -2.17. The lowest BCUT2D eigenvalue weighted by atomic mass is 9.93. The van der Waals surface area contributed by atoms with Crippen molar-refractivity contribution < 1.29 is 8.78 Å². The minimum atomic E-state index is -0.541. The Morgan fingerprint density at radius 2 is 2.22 bits per heavy atom. The van der Waals surface area contributed by atoms with E-state index < -0.39 is 11.6 Å². The van der Waals surface area contributed by atoms with Crippen molar-refractivity contribution in [1.82, 2.24) is 14.8 Å². The highest BCUT2D eigenvalue weighted by Gasteiger charge is 2.54. The standard InChI is InChI=1S/C13H13F2N3/c1-9-5-13(9,6-18-8-16-7-17-18)11-3-2-10(14)4-12(11)15/h2-4,7-9H,5-6H2,1H3/t9?,13-/m0/s1. The molecule has 3 rings (SSSR count). The highest BCUT2D eigenvalue weighted by Crippen LogP contribution is 2.55. The summed E-state index contributed by atoms with van der Waals surface area (Å²) in [7, 11) is 0. The van der Waals surface area contributed by atoms with E-state index in [2.05, 4.69) is 17.0 Å². The van der Waals surface area contributed by atoms with Crippen LogP contribution < -0.4 is 0 Å². The lowest BCUT2D eigenvalue weighted by molar-refractivity contribution is 0.451. The smallest absolute Gasteiger partial charge is 0.137 e. The maximum absolute atomic E-state index is 13.9. The third-order valence-corrected chi connectivity index (χ3v) is 3.83. The van der Waals surface area contributed by atoms with E-state index in [9.17, 15) is 8.78 Å².